The molecule has 0 fully saturated rings. The van der Waals surface area contributed by atoms with E-state index in [2.05, 4.69) is 20.8 Å². The topological polar surface area (TPSA) is 12.4 Å². The van der Waals surface area contributed by atoms with Gasteiger partial charge in [-0.15, -0.1) is 0 Å². The van der Waals surface area contributed by atoms with Gasteiger partial charge in [-0.05, 0) is 32.1 Å². The molecule has 0 aliphatic heterocycles. The van der Waals surface area contributed by atoms with E-state index in [4.69, 9.17) is 4.99 Å². The van der Waals surface area contributed by atoms with Gasteiger partial charge in [0.05, 0.1) is 0 Å². The minimum atomic E-state index is 1.08. The Balaban J connectivity index is 3.83. The number of unbranched alkanes of at least 4 members (excludes halogenated alkanes) is 8. The molecule has 0 saturated carbocycles. The lowest BCUT2D eigenvalue weighted by Gasteiger charge is -2.07. The summed E-state index contributed by atoms with van der Waals surface area (Å²) in [5.41, 5.74) is 1.51. The van der Waals surface area contributed by atoms with E-state index in [1.807, 2.05) is 0 Å². The summed E-state index contributed by atoms with van der Waals surface area (Å²) >= 11 is 0. The molecule has 1 nitrogen and oxygen atoms in total. The van der Waals surface area contributed by atoms with Crippen LogP contribution in [0, 0.1) is 0 Å². The van der Waals surface area contributed by atoms with Gasteiger partial charge in [-0.25, -0.2) is 0 Å². The molecular weight excluding hydrogens is 230 g/mol. The fourth-order valence-electron chi connectivity index (χ4n) is 2.39. The second kappa shape index (κ2) is 15.7. The summed E-state index contributed by atoms with van der Waals surface area (Å²) in [6.45, 7) is 7.91. The highest BCUT2D eigenvalue weighted by Crippen LogP contribution is 2.10. The van der Waals surface area contributed by atoms with Crippen molar-refractivity contribution in [3.63, 3.8) is 0 Å². The quantitative estimate of drug-likeness (QED) is 0.250. The van der Waals surface area contributed by atoms with E-state index in [0.29, 0.717) is 0 Å². The second-order valence-electron chi connectivity index (χ2n) is 5.78. The molecular formula is C18H37N. The third-order valence-corrected chi connectivity index (χ3v) is 3.73. The smallest absolute Gasteiger partial charge is 0.0388 e. The molecule has 0 aromatic rings. The highest BCUT2D eigenvalue weighted by atomic mass is 14.7. The van der Waals surface area contributed by atoms with E-state index < -0.39 is 0 Å². The molecule has 114 valence electrons. The first-order valence-electron chi connectivity index (χ1n) is 8.87. The lowest BCUT2D eigenvalue weighted by atomic mass is 10.0. The van der Waals surface area contributed by atoms with Crippen LogP contribution in [0.15, 0.2) is 4.99 Å². The molecule has 0 N–H and O–H groups in total. The van der Waals surface area contributed by atoms with E-state index in [0.717, 1.165) is 6.54 Å². The SMILES string of the molecule is CCCCCCN=C(CCCCC)CCCCCC. The van der Waals surface area contributed by atoms with Gasteiger partial charge in [0.1, 0.15) is 0 Å². The normalized spacial score (nSPS) is 12.1. The lowest BCUT2D eigenvalue weighted by Crippen LogP contribution is -2.01. The first-order chi connectivity index (χ1) is 9.35. The molecule has 19 heavy (non-hydrogen) atoms. The van der Waals surface area contributed by atoms with Crippen LogP contribution in [-0.2, 0) is 0 Å². The fraction of sp³-hybridized carbons (Fsp3) is 0.944. The summed E-state index contributed by atoms with van der Waals surface area (Å²) in [4.78, 5) is 4.88. The molecule has 0 bridgehead atoms. The van der Waals surface area contributed by atoms with Crippen molar-refractivity contribution in [1.29, 1.82) is 0 Å². The van der Waals surface area contributed by atoms with E-state index >= 15 is 0 Å². The summed E-state index contributed by atoms with van der Waals surface area (Å²) < 4.78 is 0. The van der Waals surface area contributed by atoms with Crippen molar-refractivity contribution in [2.24, 2.45) is 4.99 Å². The Morgan fingerprint density at radius 2 is 1.05 bits per heavy atom. The molecule has 0 heterocycles. The number of hydrogen-bond acceptors (Lipinski definition) is 1. The van der Waals surface area contributed by atoms with Gasteiger partial charge in [0.2, 0.25) is 0 Å². The van der Waals surface area contributed by atoms with Crippen LogP contribution in [0.2, 0.25) is 0 Å². The zero-order valence-corrected chi connectivity index (χ0v) is 13.8. The van der Waals surface area contributed by atoms with Gasteiger partial charge in [0.15, 0.2) is 0 Å². The van der Waals surface area contributed by atoms with Gasteiger partial charge in [-0.3, -0.25) is 4.99 Å². The Bertz CT molecular complexity index is 196. The van der Waals surface area contributed by atoms with Crippen LogP contribution < -0.4 is 0 Å². The van der Waals surface area contributed by atoms with Crippen molar-refractivity contribution < 1.29 is 0 Å². The molecule has 0 saturated heterocycles. The standard InChI is InChI=1S/C18H37N/c1-4-7-10-13-16-18(15-12-9-6-3)19-17-14-11-8-5-2/h4-17H2,1-3H3. The minimum Gasteiger partial charge on any atom is -0.294 e. The molecule has 0 amide bonds. The maximum Gasteiger partial charge on any atom is 0.0388 e. The van der Waals surface area contributed by atoms with Crippen LogP contribution in [0.1, 0.15) is 104 Å². The predicted molar refractivity (Wildman–Crippen MR) is 89.3 cm³/mol. The molecule has 0 spiro atoms. The van der Waals surface area contributed by atoms with Crippen LogP contribution >= 0.6 is 0 Å². The Morgan fingerprint density at radius 1 is 0.579 bits per heavy atom. The van der Waals surface area contributed by atoms with E-state index in [9.17, 15) is 0 Å². The summed E-state index contributed by atoms with van der Waals surface area (Å²) in [6, 6.07) is 0. The number of aliphatic imine (C=N–C) groups is 1. The zero-order chi connectivity index (χ0) is 14.2. The molecule has 0 aliphatic carbocycles. The average molecular weight is 268 g/mol. The molecule has 0 unspecified atom stereocenters. The van der Waals surface area contributed by atoms with Crippen molar-refractivity contribution in [3.05, 3.63) is 0 Å². The first kappa shape index (κ1) is 18.7. The molecule has 0 aliphatic rings. The Hall–Kier alpha value is -0.330. The van der Waals surface area contributed by atoms with Gasteiger partial charge in [-0.1, -0.05) is 72.1 Å². The molecule has 0 aromatic heterocycles. The maximum atomic E-state index is 4.88. The third kappa shape index (κ3) is 13.9. The van der Waals surface area contributed by atoms with Crippen molar-refractivity contribution in [2.75, 3.05) is 6.54 Å². The summed E-state index contributed by atoms with van der Waals surface area (Å²) in [5.74, 6) is 0. The van der Waals surface area contributed by atoms with Crippen LogP contribution in [0.4, 0.5) is 0 Å². The van der Waals surface area contributed by atoms with Crippen molar-refractivity contribution >= 4 is 5.71 Å². The highest BCUT2D eigenvalue weighted by molar-refractivity contribution is 5.84. The van der Waals surface area contributed by atoms with Crippen molar-refractivity contribution in [2.45, 2.75) is 104 Å². The van der Waals surface area contributed by atoms with Crippen LogP contribution in [0.25, 0.3) is 0 Å². The van der Waals surface area contributed by atoms with Gasteiger partial charge < -0.3 is 0 Å². The second-order valence-corrected chi connectivity index (χ2v) is 5.78. The number of nitrogens with zero attached hydrogens (tertiary/aromatic N) is 1. The lowest BCUT2D eigenvalue weighted by molar-refractivity contribution is 0.659. The van der Waals surface area contributed by atoms with Gasteiger partial charge in [0.25, 0.3) is 0 Å². The van der Waals surface area contributed by atoms with Crippen molar-refractivity contribution in [3.8, 4) is 0 Å². The number of hydrogen-bond donors (Lipinski definition) is 0. The molecule has 0 radical (unpaired) electrons. The predicted octanol–water partition coefficient (Wildman–Crippen LogP) is 6.56. The Labute approximate surface area is 122 Å². The third-order valence-electron chi connectivity index (χ3n) is 3.73. The largest absolute Gasteiger partial charge is 0.294 e. The van der Waals surface area contributed by atoms with Gasteiger partial charge in [0, 0.05) is 12.3 Å². The summed E-state index contributed by atoms with van der Waals surface area (Å²) in [5, 5.41) is 0. The summed E-state index contributed by atoms with van der Waals surface area (Å²) in [7, 11) is 0. The average Bonchev–Trinajstić information content (AvgIpc) is 2.42. The number of rotatable bonds is 14. The molecule has 0 aromatic carbocycles. The Morgan fingerprint density at radius 3 is 1.63 bits per heavy atom. The van der Waals surface area contributed by atoms with Crippen LogP contribution in [0.3, 0.4) is 0 Å². The van der Waals surface area contributed by atoms with Gasteiger partial charge in [-0.2, -0.15) is 0 Å². The van der Waals surface area contributed by atoms with E-state index in [1.165, 1.54) is 89.2 Å². The fourth-order valence-corrected chi connectivity index (χ4v) is 2.39. The Kier molecular flexibility index (Phi) is 15.5. The first-order valence-corrected chi connectivity index (χ1v) is 8.87. The zero-order valence-electron chi connectivity index (χ0n) is 13.8. The van der Waals surface area contributed by atoms with E-state index in [-0.39, 0.29) is 0 Å². The monoisotopic (exact) mass is 267 g/mol. The van der Waals surface area contributed by atoms with Crippen LogP contribution in [-0.4, -0.2) is 12.3 Å². The highest BCUT2D eigenvalue weighted by Gasteiger charge is 2.00. The summed E-state index contributed by atoms with van der Waals surface area (Å²) in [6.07, 6.45) is 17.4. The molecule has 0 atom stereocenters. The van der Waals surface area contributed by atoms with Crippen molar-refractivity contribution in [1.82, 2.24) is 0 Å². The van der Waals surface area contributed by atoms with Gasteiger partial charge >= 0.3 is 0 Å². The molecule has 1 heteroatoms. The van der Waals surface area contributed by atoms with Crippen LogP contribution in [0.5, 0.6) is 0 Å². The molecule has 0 rings (SSSR count). The van der Waals surface area contributed by atoms with E-state index in [1.54, 1.807) is 0 Å². The maximum absolute atomic E-state index is 4.88. The minimum absolute atomic E-state index is 1.08.